The molecular weight excluding hydrogens is 196 g/mol. The molecule has 2 heteroatoms. The average Bonchev–Trinajstić information content (AvgIpc) is 2.21. The summed E-state index contributed by atoms with van der Waals surface area (Å²) < 4.78 is 5.32. The Hall–Kier alpha value is -0.790. The summed E-state index contributed by atoms with van der Waals surface area (Å²) in [6.45, 7) is 3.60. The van der Waals surface area contributed by atoms with Crippen molar-refractivity contribution in [1.82, 2.24) is 0 Å². The van der Waals surface area contributed by atoms with E-state index in [0.717, 1.165) is 23.6 Å². The molecule has 0 amide bonds. The van der Waals surface area contributed by atoms with E-state index in [2.05, 4.69) is 6.92 Å². The quantitative estimate of drug-likeness (QED) is 0.673. The fraction of sp³-hybridized carbons (Fsp3) is 0.333. The number of hydrogen-bond donors (Lipinski definition) is 0. The van der Waals surface area contributed by atoms with Gasteiger partial charge < -0.3 is 4.74 Å². The predicted molar refractivity (Wildman–Crippen MR) is 61.6 cm³/mol. The van der Waals surface area contributed by atoms with Gasteiger partial charge in [0.1, 0.15) is 0 Å². The first-order valence-electron chi connectivity index (χ1n) is 4.83. The van der Waals surface area contributed by atoms with E-state index in [4.69, 9.17) is 16.3 Å². The Balaban J connectivity index is 2.33. The van der Waals surface area contributed by atoms with Crippen LogP contribution in [0.3, 0.4) is 0 Å². The van der Waals surface area contributed by atoms with Crippen molar-refractivity contribution in [3.63, 3.8) is 0 Å². The molecule has 0 aliphatic rings. The fourth-order valence-corrected chi connectivity index (χ4v) is 1.18. The van der Waals surface area contributed by atoms with Crippen LogP contribution in [0.15, 0.2) is 30.3 Å². The van der Waals surface area contributed by atoms with Gasteiger partial charge in [0.15, 0.2) is 0 Å². The first-order chi connectivity index (χ1) is 6.83. The highest BCUT2D eigenvalue weighted by Crippen LogP contribution is 2.10. The topological polar surface area (TPSA) is 9.23 Å². The number of hydrogen-bond acceptors (Lipinski definition) is 1. The molecule has 1 rings (SSSR count). The summed E-state index contributed by atoms with van der Waals surface area (Å²) in [5.41, 5.74) is 1.15. The van der Waals surface area contributed by atoms with Crippen LogP contribution in [0.1, 0.15) is 18.9 Å². The van der Waals surface area contributed by atoms with Gasteiger partial charge in [-0.2, -0.15) is 0 Å². The molecule has 0 heterocycles. The van der Waals surface area contributed by atoms with E-state index in [1.54, 1.807) is 0 Å². The lowest BCUT2D eigenvalue weighted by Crippen LogP contribution is -1.91. The van der Waals surface area contributed by atoms with Gasteiger partial charge in [0.2, 0.25) is 0 Å². The lowest BCUT2D eigenvalue weighted by Gasteiger charge is -1.96. The Morgan fingerprint density at radius 1 is 1.29 bits per heavy atom. The van der Waals surface area contributed by atoms with Crippen molar-refractivity contribution in [3.05, 3.63) is 40.9 Å². The summed E-state index contributed by atoms with van der Waals surface area (Å²) in [6, 6.07) is 7.74. The molecule has 0 spiro atoms. The van der Waals surface area contributed by atoms with E-state index < -0.39 is 0 Å². The largest absolute Gasteiger partial charge is 0.377 e. The van der Waals surface area contributed by atoms with Crippen molar-refractivity contribution < 1.29 is 4.74 Å². The van der Waals surface area contributed by atoms with Gasteiger partial charge in [-0.3, -0.25) is 0 Å². The summed E-state index contributed by atoms with van der Waals surface area (Å²) in [4.78, 5) is 0. The van der Waals surface area contributed by atoms with Crippen molar-refractivity contribution in [2.75, 3.05) is 13.2 Å². The molecule has 1 aromatic rings. The molecule has 0 unspecified atom stereocenters. The second-order valence-electron chi connectivity index (χ2n) is 3.03. The van der Waals surface area contributed by atoms with Crippen LogP contribution >= 0.6 is 11.6 Å². The third-order valence-corrected chi connectivity index (χ3v) is 1.99. The first-order valence-corrected chi connectivity index (χ1v) is 5.20. The van der Waals surface area contributed by atoms with Crippen LogP contribution in [0.5, 0.6) is 0 Å². The van der Waals surface area contributed by atoms with Gasteiger partial charge in [0.25, 0.3) is 0 Å². The van der Waals surface area contributed by atoms with Crippen LogP contribution in [0, 0.1) is 0 Å². The van der Waals surface area contributed by atoms with E-state index in [9.17, 15) is 0 Å². The zero-order valence-corrected chi connectivity index (χ0v) is 9.13. The molecule has 0 aliphatic heterocycles. The van der Waals surface area contributed by atoms with Crippen molar-refractivity contribution in [2.24, 2.45) is 0 Å². The van der Waals surface area contributed by atoms with Gasteiger partial charge in [-0.25, -0.2) is 0 Å². The van der Waals surface area contributed by atoms with E-state index in [1.807, 2.05) is 36.4 Å². The van der Waals surface area contributed by atoms with E-state index in [1.165, 1.54) is 0 Å². The SMILES string of the molecule is CCCOC/C=C/c1ccc(Cl)cc1. The summed E-state index contributed by atoms with van der Waals surface area (Å²) in [5.74, 6) is 0. The summed E-state index contributed by atoms with van der Waals surface area (Å²) in [6.07, 6.45) is 5.11. The van der Waals surface area contributed by atoms with Gasteiger partial charge in [0.05, 0.1) is 6.61 Å². The smallest absolute Gasteiger partial charge is 0.0650 e. The minimum Gasteiger partial charge on any atom is -0.377 e. The molecule has 0 bridgehead atoms. The minimum atomic E-state index is 0.677. The molecule has 0 fully saturated rings. The Morgan fingerprint density at radius 2 is 2.00 bits per heavy atom. The highest BCUT2D eigenvalue weighted by atomic mass is 35.5. The maximum Gasteiger partial charge on any atom is 0.0650 e. The Bertz CT molecular complexity index is 277. The number of halogens is 1. The monoisotopic (exact) mass is 210 g/mol. The van der Waals surface area contributed by atoms with Crippen LogP contribution in [0.4, 0.5) is 0 Å². The molecule has 76 valence electrons. The zero-order valence-electron chi connectivity index (χ0n) is 8.37. The molecule has 0 atom stereocenters. The molecular formula is C12H15ClO. The van der Waals surface area contributed by atoms with Crippen LogP contribution < -0.4 is 0 Å². The highest BCUT2D eigenvalue weighted by molar-refractivity contribution is 6.30. The van der Waals surface area contributed by atoms with Crippen LogP contribution in [0.2, 0.25) is 5.02 Å². The van der Waals surface area contributed by atoms with Gasteiger partial charge in [-0.15, -0.1) is 0 Å². The first kappa shape index (κ1) is 11.3. The molecule has 0 aliphatic carbocycles. The summed E-state index contributed by atoms with van der Waals surface area (Å²) in [5, 5.41) is 0.768. The lowest BCUT2D eigenvalue weighted by molar-refractivity contribution is 0.163. The Kier molecular flexibility index (Phi) is 5.35. The standard InChI is InChI=1S/C12H15ClO/c1-2-9-14-10-3-4-11-5-7-12(13)8-6-11/h3-8H,2,9-10H2,1H3/b4-3+. The van der Waals surface area contributed by atoms with Gasteiger partial charge in [0, 0.05) is 11.6 Å². The Labute approximate surface area is 90.3 Å². The molecule has 1 aromatic carbocycles. The van der Waals surface area contributed by atoms with Crippen LogP contribution in [0.25, 0.3) is 6.08 Å². The van der Waals surface area contributed by atoms with E-state index in [-0.39, 0.29) is 0 Å². The average molecular weight is 211 g/mol. The van der Waals surface area contributed by atoms with E-state index >= 15 is 0 Å². The van der Waals surface area contributed by atoms with Gasteiger partial charge in [-0.1, -0.05) is 42.8 Å². The second kappa shape index (κ2) is 6.63. The van der Waals surface area contributed by atoms with Crippen molar-refractivity contribution in [2.45, 2.75) is 13.3 Å². The number of ether oxygens (including phenoxy) is 1. The van der Waals surface area contributed by atoms with Gasteiger partial charge >= 0.3 is 0 Å². The van der Waals surface area contributed by atoms with E-state index in [0.29, 0.717) is 6.61 Å². The maximum atomic E-state index is 5.77. The summed E-state index contributed by atoms with van der Waals surface area (Å²) in [7, 11) is 0. The zero-order chi connectivity index (χ0) is 10.2. The molecule has 14 heavy (non-hydrogen) atoms. The number of rotatable bonds is 5. The predicted octanol–water partition coefficient (Wildman–Crippen LogP) is 3.78. The number of benzene rings is 1. The lowest BCUT2D eigenvalue weighted by atomic mass is 10.2. The third-order valence-electron chi connectivity index (χ3n) is 1.74. The van der Waals surface area contributed by atoms with Crippen molar-refractivity contribution >= 4 is 17.7 Å². The third kappa shape index (κ3) is 4.45. The molecule has 1 nitrogen and oxygen atoms in total. The summed E-state index contributed by atoms with van der Waals surface area (Å²) >= 11 is 5.77. The van der Waals surface area contributed by atoms with Crippen LogP contribution in [-0.4, -0.2) is 13.2 Å². The van der Waals surface area contributed by atoms with Crippen LogP contribution in [-0.2, 0) is 4.74 Å². The molecule has 0 radical (unpaired) electrons. The normalized spacial score (nSPS) is 11.0. The van der Waals surface area contributed by atoms with Gasteiger partial charge in [-0.05, 0) is 24.1 Å². The molecule has 0 N–H and O–H groups in total. The van der Waals surface area contributed by atoms with Crippen molar-refractivity contribution in [1.29, 1.82) is 0 Å². The maximum absolute atomic E-state index is 5.77. The minimum absolute atomic E-state index is 0.677. The fourth-order valence-electron chi connectivity index (χ4n) is 1.05. The van der Waals surface area contributed by atoms with Crippen molar-refractivity contribution in [3.8, 4) is 0 Å². The molecule has 0 aromatic heterocycles. The Morgan fingerprint density at radius 3 is 2.64 bits per heavy atom. The molecule has 0 saturated heterocycles. The second-order valence-corrected chi connectivity index (χ2v) is 3.47. The highest BCUT2D eigenvalue weighted by Gasteiger charge is 1.87. The molecule has 0 saturated carbocycles.